The molecule has 0 fully saturated rings. The number of aryl methyl sites for hydroxylation is 1. The third-order valence-corrected chi connectivity index (χ3v) is 3.02. The van der Waals surface area contributed by atoms with Crippen LogP contribution in [0.5, 0.6) is 0 Å². The van der Waals surface area contributed by atoms with E-state index >= 15 is 0 Å². The van der Waals surface area contributed by atoms with Gasteiger partial charge in [0.2, 0.25) is 0 Å². The minimum atomic E-state index is -4.14. The van der Waals surface area contributed by atoms with Gasteiger partial charge in [0.05, 0.1) is 0 Å². The summed E-state index contributed by atoms with van der Waals surface area (Å²) in [5, 5.41) is 3.14. The van der Waals surface area contributed by atoms with E-state index in [4.69, 9.17) is 0 Å². The van der Waals surface area contributed by atoms with Gasteiger partial charge < -0.3 is 9.88 Å². The van der Waals surface area contributed by atoms with Crippen molar-refractivity contribution in [2.45, 2.75) is 38.0 Å². The Hall–Kier alpha value is -0.970. The average molecular weight is 232 g/mol. The highest BCUT2D eigenvalue weighted by molar-refractivity contribution is 5.30. The Kier molecular flexibility index (Phi) is 2.97. The number of nitrogens with zero attached hydrogens (tertiary/aromatic N) is 1. The maximum absolute atomic E-state index is 12.2. The highest BCUT2D eigenvalue weighted by Crippen LogP contribution is 2.31. The Bertz CT molecular complexity index is 368. The van der Waals surface area contributed by atoms with Gasteiger partial charge in [-0.3, -0.25) is 0 Å². The first-order valence-corrected chi connectivity index (χ1v) is 5.42. The Morgan fingerprint density at radius 1 is 1.44 bits per heavy atom. The smallest absolute Gasteiger partial charge is 0.345 e. The highest BCUT2D eigenvalue weighted by Gasteiger charge is 2.29. The topological polar surface area (TPSA) is 17.0 Å². The quantitative estimate of drug-likeness (QED) is 0.829. The lowest BCUT2D eigenvalue weighted by molar-refractivity contribution is -0.140. The molecule has 1 aliphatic rings. The molecular formula is C11H15F3N2. The van der Waals surface area contributed by atoms with Crippen molar-refractivity contribution in [3.05, 3.63) is 23.5 Å². The summed E-state index contributed by atoms with van der Waals surface area (Å²) in [7, 11) is 1.85. The predicted molar refractivity (Wildman–Crippen MR) is 55.2 cm³/mol. The molecule has 1 aliphatic carbocycles. The molecule has 0 bridgehead atoms. The lowest BCUT2D eigenvalue weighted by Gasteiger charge is -2.21. The standard InChI is InChI=1S/C11H15F3N2/c1-15-10-4-2-3-8-5-16(6-9(8)10)7-11(12,13)14/h5-6,10,15H,2-4,7H2,1H3. The minimum absolute atomic E-state index is 0.207. The van der Waals surface area contributed by atoms with Gasteiger partial charge in [0, 0.05) is 18.4 Å². The largest absolute Gasteiger partial charge is 0.406 e. The molecule has 5 heteroatoms. The van der Waals surface area contributed by atoms with E-state index in [1.165, 1.54) is 4.57 Å². The zero-order valence-electron chi connectivity index (χ0n) is 9.14. The van der Waals surface area contributed by atoms with Crippen LogP contribution in [-0.4, -0.2) is 17.8 Å². The molecular weight excluding hydrogens is 217 g/mol. The fourth-order valence-electron chi connectivity index (χ4n) is 2.35. The Labute approximate surface area is 92.4 Å². The average Bonchev–Trinajstić information content (AvgIpc) is 2.56. The third kappa shape index (κ3) is 2.40. The van der Waals surface area contributed by atoms with Gasteiger partial charge in [0.1, 0.15) is 6.54 Å². The minimum Gasteiger partial charge on any atom is -0.345 e. The number of hydrogen-bond donors (Lipinski definition) is 1. The van der Waals surface area contributed by atoms with Crippen molar-refractivity contribution in [3.8, 4) is 0 Å². The van der Waals surface area contributed by atoms with Crippen molar-refractivity contribution in [2.24, 2.45) is 0 Å². The van der Waals surface area contributed by atoms with Crippen LogP contribution in [-0.2, 0) is 13.0 Å². The Morgan fingerprint density at radius 2 is 2.19 bits per heavy atom. The molecule has 1 aromatic heterocycles. The van der Waals surface area contributed by atoms with Crippen LogP contribution in [0.2, 0.25) is 0 Å². The molecule has 16 heavy (non-hydrogen) atoms. The van der Waals surface area contributed by atoms with E-state index in [2.05, 4.69) is 5.32 Å². The van der Waals surface area contributed by atoms with E-state index in [1.807, 2.05) is 7.05 Å². The van der Waals surface area contributed by atoms with Crippen LogP contribution in [0.25, 0.3) is 0 Å². The van der Waals surface area contributed by atoms with Crippen molar-refractivity contribution < 1.29 is 13.2 Å². The molecule has 0 spiro atoms. The number of hydrogen-bond acceptors (Lipinski definition) is 1. The van der Waals surface area contributed by atoms with E-state index in [0.717, 1.165) is 30.4 Å². The number of nitrogens with one attached hydrogen (secondary N) is 1. The fraction of sp³-hybridized carbons (Fsp3) is 0.636. The van der Waals surface area contributed by atoms with Crippen molar-refractivity contribution >= 4 is 0 Å². The molecule has 1 atom stereocenters. The van der Waals surface area contributed by atoms with Gasteiger partial charge in [-0.1, -0.05) is 0 Å². The molecule has 1 N–H and O–H groups in total. The summed E-state index contributed by atoms with van der Waals surface area (Å²) >= 11 is 0. The fourth-order valence-corrected chi connectivity index (χ4v) is 2.35. The molecule has 0 saturated carbocycles. The van der Waals surface area contributed by atoms with Crippen LogP contribution < -0.4 is 5.32 Å². The molecule has 0 aromatic carbocycles. The van der Waals surface area contributed by atoms with Crippen molar-refractivity contribution in [1.82, 2.24) is 9.88 Å². The number of fused-ring (bicyclic) bond motifs is 1. The first-order valence-electron chi connectivity index (χ1n) is 5.42. The first kappa shape index (κ1) is 11.5. The van der Waals surface area contributed by atoms with Crippen molar-refractivity contribution in [2.75, 3.05) is 7.05 Å². The summed E-state index contributed by atoms with van der Waals surface area (Å²) in [6.45, 7) is -0.892. The van der Waals surface area contributed by atoms with Crippen LogP contribution in [0.15, 0.2) is 12.4 Å². The van der Waals surface area contributed by atoms with Crippen LogP contribution >= 0.6 is 0 Å². The van der Waals surface area contributed by atoms with Gasteiger partial charge in [-0.25, -0.2) is 0 Å². The van der Waals surface area contributed by atoms with Gasteiger partial charge in [0.15, 0.2) is 0 Å². The molecule has 1 unspecified atom stereocenters. The molecule has 0 radical (unpaired) electrons. The Balaban J connectivity index is 2.22. The zero-order valence-corrected chi connectivity index (χ0v) is 9.14. The number of rotatable bonds is 2. The lowest BCUT2D eigenvalue weighted by atomic mass is 9.91. The van der Waals surface area contributed by atoms with Crippen LogP contribution in [0.1, 0.15) is 30.0 Å². The maximum atomic E-state index is 12.2. The monoisotopic (exact) mass is 232 g/mol. The predicted octanol–water partition coefficient (Wildman–Crippen LogP) is 2.65. The summed E-state index contributed by atoms with van der Waals surface area (Å²) in [4.78, 5) is 0. The molecule has 0 saturated heterocycles. The van der Waals surface area contributed by atoms with Crippen molar-refractivity contribution in [3.63, 3.8) is 0 Å². The van der Waals surface area contributed by atoms with E-state index in [-0.39, 0.29) is 6.04 Å². The van der Waals surface area contributed by atoms with Gasteiger partial charge in [0.25, 0.3) is 0 Å². The van der Waals surface area contributed by atoms with Gasteiger partial charge >= 0.3 is 6.18 Å². The first-order chi connectivity index (χ1) is 7.49. The van der Waals surface area contributed by atoms with E-state index in [9.17, 15) is 13.2 Å². The molecule has 0 aliphatic heterocycles. The van der Waals surface area contributed by atoms with Crippen LogP contribution in [0.4, 0.5) is 13.2 Å². The van der Waals surface area contributed by atoms with E-state index < -0.39 is 12.7 Å². The van der Waals surface area contributed by atoms with Crippen LogP contribution in [0, 0.1) is 0 Å². The summed E-state index contributed by atoms with van der Waals surface area (Å²) in [6.07, 6.45) is 2.04. The molecule has 1 aromatic rings. The van der Waals surface area contributed by atoms with Crippen molar-refractivity contribution in [1.29, 1.82) is 0 Å². The molecule has 0 amide bonds. The van der Waals surface area contributed by atoms with E-state index in [1.54, 1.807) is 12.4 Å². The summed E-state index contributed by atoms with van der Waals surface area (Å²) in [6, 6.07) is 0.207. The number of halogens is 3. The van der Waals surface area contributed by atoms with Crippen LogP contribution in [0.3, 0.4) is 0 Å². The second-order valence-corrected chi connectivity index (χ2v) is 4.26. The maximum Gasteiger partial charge on any atom is 0.406 e. The lowest BCUT2D eigenvalue weighted by Crippen LogP contribution is -2.20. The molecule has 2 nitrogen and oxygen atoms in total. The van der Waals surface area contributed by atoms with Gasteiger partial charge in [-0.05, 0) is 37.4 Å². The van der Waals surface area contributed by atoms with Gasteiger partial charge in [-0.15, -0.1) is 0 Å². The summed E-state index contributed by atoms with van der Waals surface area (Å²) in [5.41, 5.74) is 2.08. The number of aromatic nitrogens is 1. The molecule has 2 rings (SSSR count). The number of alkyl halides is 3. The zero-order chi connectivity index (χ0) is 11.8. The summed E-state index contributed by atoms with van der Waals surface area (Å²) < 4.78 is 38.0. The molecule has 1 heterocycles. The summed E-state index contributed by atoms with van der Waals surface area (Å²) in [5.74, 6) is 0. The van der Waals surface area contributed by atoms with Gasteiger partial charge in [-0.2, -0.15) is 13.2 Å². The SMILES string of the molecule is CNC1CCCc2cn(CC(F)(F)F)cc21. The highest BCUT2D eigenvalue weighted by atomic mass is 19.4. The Morgan fingerprint density at radius 3 is 2.81 bits per heavy atom. The third-order valence-electron chi connectivity index (χ3n) is 3.02. The molecule has 90 valence electrons. The van der Waals surface area contributed by atoms with E-state index in [0.29, 0.717) is 0 Å². The normalized spacial score (nSPS) is 20.9. The second kappa shape index (κ2) is 4.13. The second-order valence-electron chi connectivity index (χ2n) is 4.26.